The minimum Gasteiger partial charge on any atom is -0.493 e. The van der Waals surface area contributed by atoms with Gasteiger partial charge in [0.15, 0.2) is 0 Å². The van der Waals surface area contributed by atoms with Crippen molar-refractivity contribution in [3.63, 3.8) is 0 Å². The van der Waals surface area contributed by atoms with Crippen LogP contribution in [0.15, 0.2) is 58.3 Å². The molecule has 4 rings (SSSR count). The zero-order valence-electron chi connectivity index (χ0n) is 14.5. The SMILES string of the molecule is O=C(Cn1c(O)c(/C=C2\C=Nc3ccccc32)[nH]c1=O)Nc1ccc(F)cc1. The van der Waals surface area contributed by atoms with Crippen LogP contribution in [-0.2, 0) is 11.3 Å². The molecule has 1 aliphatic heterocycles. The number of hydrogen-bond donors (Lipinski definition) is 3. The first-order valence-corrected chi connectivity index (χ1v) is 8.43. The minimum absolute atomic E-state index is 0.178. The summed E-state index contributed by atoms with van der Waals surface area (Å²) in [7, 11) is 0. The lowest BCUT2D eigenvalue weighted by atomic mass is 10.1. The molecule has 1 aromatic heterocycles. The number of carbonyl (C=O) groups excluding carboxylic acids is 1. The van der Waals surface area contributed by atoms with E-state index in [9.17, 15) is 19.1 Å². The largest absolute Gasteiger partial charge is 0.493 e. The van der Waals surface area contributed by atoms with Crippen LogP contribution < -0.4 is 11.0 Å². The molecule has 2 heterocycles. The van der Waals surface area contributed by atoms with Crippen molar-refractivity contribution < 1.29 is 14.3 Å². The van der Waals surface area contributed by atoms with Crippen LogP contribution in [0.2, 0.25) is 0 Å². The molecule has 28 heavy (non-hydrogen) atoms. The normalized spacial score (nSPS) is 13.7. The maximum Gasteiger partial charge on any atom is 0.329 e. The number of aromatic hydroxyl groups is 1. The lowest BCUT2D eigenvalue weighted by Crippen LogP contribution is -2.25. The van der Waals surface area contributed by atoms with E-state index < -0.39 is 24.0 Å². The number of amides is 1. The van der Waals surface area contributed by atoms with E-state index in [2.05, 4.69) is 15.3 Å². The number of carbonyl (C=O) groups is 1. The Balaban J connectivity index is 1.56. The van der Waals surface area contributed by atoms with Gasteiger partial charge in [-0.05, 0) is 36.4 Å². The molecule has 0 spiro atoms. The minimum atomic E-state index is -0.623. The van der Waals surface area contributed by atoms with Crippen LogP contribution in [0, 0.1) is 5.82 Å². The summed E-state index contributed by atoms with van der Waals surface area (Å²) in [4.78, 5) is 31.1. The Morgan fingerprint density at radius 2 is 1.96 bits per heavy atom. The fourth-order valence-corrected chi connectivity index (χ4v) is 2.91. The number of imidazole rings is 1. The Bertz CT molecular complexity index is 1170. The number of aromatic amines is 1. The highest BCUT2D eigenvalue weighted by Crippen LogP contribution is 2.32. The fraction of sp³-hybridized carbons (Fsp3) is 0.0500. The monoisotopic (exact) mass is 378 g/mol. The van der Waals surface area contributed by atoms with Crippen LogP contribution in [0.1, 0.15) is 11.3 Å². The molecule has 0 bridgehead atoms. The molecular weight excluding hydrogens is 363 g/mol. The second-order valence-corrected chi connectivity index (χ2v) is 6.18. The zero-order valence-corrected chi connectivity index (χ0v) is 14.5. The van der Waals surface area contributed by atoms with E-state index in [1.165, 1.54) is 24.3 Å². The quantitative estimate of drug-likeness (QED) is 0.651. The molecule has 0 saturated heterocycles. The van der Waals surface area contributed by atoms with Crippen molar-refractivity contribution in [3.05, 3.63) is 76.1 Å². The molecule has 2 aromatic carbocycles. The van der Waals surface area contributed by atoms with E-state index in [0.717, 1.165) is 21.4 Å². The van der Waals surface area contributed by atoms with Gasteiger partial charge in [-0.2, -0.15) is 0 Å². The van der Waals surface area contributed by atoms with Gasteiger partial charge in [-0.1, -0.05) is 18.2 Å². The second kappa shape index (κ2) is 6.99. The van der Waals surface area contributed by atoms with Gasteiger partial charge in [0.25, 0.3) is 0 Å². The summed E-state index contributed by atoms with van der Waals surface area (Å²) >= 11 is 0. The van der Waals surface area contributed by atoms with Gasteiger partial charge in [0.2, 0.25) is 11.8 Å². The predicted molar refractivity (Wildman–Crippen MR) is 104 cm³/mol. The summed E-state index contributed by atoms with van der Waals surface area (Å²) in [5.74, 6) is -1.31. The van der Waals surface area contributed by atoms with Gasteiger partial charge < -0.3 is 15.4 Å². The van der Waals surface area contributed by atoms with Gasteiger partial charge >= 0.3 is 5.69 Å². The summed E-state index contributed by atoms with van der Waals surface area (Å²) < 4.78 is 13.8. The molecule has 0 unspecified atom stereocenters. The van der Waals surface area contributed by atoms with Gasteiger partial charge in [-0.15, -0.1) is 0 Å². The number of aliphatic imine (C=N–C) groups is 1. The highest BCUT2D eigenvalue weighted by molar-refractivity contribution is 6.21. The summed E-state index contributed by atoms with van der Waals surface area (Å²) in [6.07, 6.45) is 3.24. The Morgan fingerprint density at radius 3 is 2.75 bits per heavy atom. The smallest absolute Gasteiger partial charge is 0.329 e. The predicted octanol–water partition coefficient (Wildman–Crippen LogP) is 2.92. The molecule has 0 fully saturated rings. The van der Waals surface area contributed by atoms with Gasteiger partial charge in [-0.25, -0.2) is 9.18 Å². The van der Waals surface area contributed by atoms with E-state index in [1.54, 1.807) is 12.3 Å². The number of H-pyrrole nitrogens is 1. The first-order valence-electron chi connectivity index (χ1n) is 8.43. The highest BCUT2D eigenvalue weighted by atomic mass is 19.1. The molecule has 0 atom stereocenters. The molecule has 0 aliphatic carbocycles. The zero-order chi connectivity index (χ0) is 19.7. The van der Waals surface area contributed by atoms with Crippen molar-refractivity contribution in [1.29, 1.82) is 0 Å². The van der Waals surface area contributed by atoms with E-state index in [-0.39, 0.29) is 11.6 Å². The number of para-hydroxylation sites is 1. The van der Waals surface area contributed by atoms with Gasteiger partial charge in [0.1, 0.15) is 18.1 Å². The summed E-state index contributed by atoms with van der Waals surface area (Å²) in [5.41, 5.74) is 2.35. The molecule has 8 heteroatoms. The molecule has 1 aliphatic rings. The first-order chi connectivity index (χ1) is 13.5. The number of anilines is 1. The number of nitrogens with zero attached hydrogens (tertiary/aromatic N) is 2. The number of halogens is 1. The van der Waals surface area contributed by atoms with Gasteiger partial charge in [0.05, 0.1) is 5.69 Å². The van der Waals surface area contributed by atoms with Crippen LogP contribution in [0.4, 0.5) is 15.8 Å². The third-order valence-electron chi connectivity index (χ3n) is 4.27. The van der Waals surface area contributed by atoms with Crippen molar-refractivity contribution in [3.8, 4) is 5.88 Å². The summed E-state index contributed by atoms with van der Waals surface area (Å²) in [6, 6.07) is 12.7. The molecule has 0 saturated carbocycles. The number of rotatable bonds is 4. The Hall–Kier alpha value is -3.94. The number of hydrogen-bond acceptors (Lipinski definition) is 4. The number of fused-ring (bicyclic) bond motifs is 1. The third kappa shape index (κ3) is 3.35. The van der Waals surface area contributed by atoms with E-state index >= 15 is 0 Å². The van der Waals surface area contributed by atoms with Crippen molar-refractivity contribution in [1.82, 2.24) is 9.55 Å². The average Bonchev–Trinajstić information content (AvgIpc) is 3.20. The van der Waals surface area contributed by atoms with E-state index in [1.807, 2.05) is 24.3 Å². The lowest BCUT2D eigenvalue weighted by Gasteiger charge is -2.06. The van der Waals surface area contributed by atoms with E-state index in [0.29, 0.717) is 5.69 Å². The van der Waals surface area contributed by atoms with Crippen LogP contribution in [-0.4, -0.2) is 26.8 Å². The van der Waals surface area contributed by atoms with Crippen molar-refractivity contribution in [2.45, 2.75) is 6.54 Å². The standard InChI is InChI=1S/C20H15FN4O3/c21-13-5-7-14(8-6-13)23-18(26)11-25-19(27)17(24-20(25)28)9-12-10-22-16-4-2-1-3-15(12)16/h1-10,27H,11H2,(H,23,26)(H,24,28)/b12-9+. The lowest BCUT2D eigenvalue weighted by molar-refractivity contribution is -0.116. The maximum atomic E-state index is 12.9. The topological polar surface area (TPSA) is 99.5 Å². The van der Waals surface area contributed by atoms with Gasteiger partial charge in [-0.3, -0.25) is 14.4 Å². The molecule has 140 valence electrons. The summed E-state index contributed by atoms with van der Waals surface area (Å²) in [6.45, 7) is -0.396. The molecular formula is C20H15FN4O3. The number of aromatic nitrogens is 2. The van der Waals surface area contributed by atoms with Crippen LogP contribution in [0.3, 0.4) is 0 Å². The molecule has 3 N–H and O–H groups in total. The average molecular weight is 378 g/mol. The third-order valence-corrected chi connectivity index (χ3v) is 4.27. The molecule has 3 aromatic rings. The maximum absolute atomic E-state index is 12.9. The van der Waals surface area contributed by atoms with Crippen molar-refractivity contribution >= 4 is 35.1 Å². The Morgan fingerprint density at radius 1 is 1.21 bits per heavy atom. The first kappa shape index (κ1) is 17.5. The molecule has 1 amide bonds. The Kier molecular flexibility index (Phi) is 4.36. The summed E-state index contributed by atoms with van der Waals surface area (Å²) in [5, 5.41) is 12.9. The highest BCUT2D eigenvalue weighted by Gasteiger charge is 2.17. The van der Waals surface area contributed by atoms with Gasteiger partial charge in [0, 0.05) is 23.0 Å². The van der Waals surface area contributed by atoms with E-state index in [4.69, 9.17) is 0 Å². The van der Waals surface area contributed by atoms with Crippen LogP contribution in [0.5, 0.6) is 5.88 Å². The molecule has 7 nitrogen and oxygen atoms in total. The number of nitrogens with one attached hydrogen (secondary N) is 2. The van der Waals surface area contributed by atoms with Crippen molar-refractivity contribution in [2.24, 2.45) is 4.99 Å². The number of allylic oxidation sites excluding steroid dienone is 1. The number of benzene rings is 2. The second-order valence-electron chi connectivity index (χ2n) is 6.18. The molecule has 0 radical (unpaired) electrons. The van der Waals surface area contributed by atoms with Crippen LogP contribution in [0.25, 0.3) is 11.6 Å². The Labute approximate surface area is 158 Å². The van der Waals surface area contributed by atoms with Crippen LogP contribution >= 0.6 is 0 Å². The van der Waals surface area contributed by atoms with Crippen molar-refractivity contribution in [2.75, 3.05) is 5.32 Å². The fourth-order valence-electron chi connectivity index (χ4n) is 2.91.